The Hall–Kier alpha value is -1.86. The predicted octanol–water partition coefficient (Wildman–Crippen LogP) is -0.441. The van der Waals surface area contributed by atoms with Crippen LogP contribution < -0.4 is 16.5 Å². The Morgan fingerprint density at radius 3 is 2.89 bits per heavy atom. The van der Waals surface area contributed by atoms with Crippen molar-refractivity contribution in [2.75, 3.05) is 19.7 Å². The first-order valence-corrected chi connectivity index (χ1v) is 6.26. The largest absolute Gasteiger partial charge is 0.368 e. The lowest BCUT2D eigenvalue weighted by Gasteiger charge is -2.25. The summed E-state index contributed by atoms with van der Waals surface area (Å²) in [5, 5.41) is 3.28. The van der Waals surface area contributed by atoms with Crippen molar-refractivity contribution in [3.05, 3.63) is 24.0 Å². The number of carbonyl (C=O) groups is 2. The number of piperidine rings is 1. The van der Waals surface area contributed by atoms with Crippen molar-refractivity contribution in [3.63, 3.8) is 0 Å². The summed E-state index contributed by atoms with van der Waals surface area (Å²) in [6.45, 7) is 1.56. The molecule has 0 atom stereocenters. The SMILES string of the molecule is NC(=O)CONC(=O)c1cccn1C1CCNCC1. The van der Waals surface area contributed by atoms with Crippen molar-refractivity contribution in [2.24, 2.45) is 5.73 Å². The molecule has 1 aliphatic heterocycles. The molecule has 0 aliphatic carbocycles. The number of amides is 2. The van der Waals surface area contributed by atoms with E-state index in [1.807, 2.05) is 16.8 Å². The fraction of sp³-hybridized carbons (Fsp3) is 0.500. The molecule has 7 nitrogen and oxygen atoms in total. The van der Waals surface area contributed by atoms with Crippen LogP contribution >= 0.6 is 0 Å². The molecule has 1 aliphatic rings. The molecule has 1 aromatic heterocycles. The van der Waals surface area contributed by atoms with Gasteiger partial charge in [0.25, 0.3) is 5.91 Å². The molecular weight excluding hydrogens is 248 g/mol. The van der Waals surface area contributed by atoms with Crippen molar-refractivity contribution < 1.29 is 14.4 Å². The summed E-state index contributed by atoms with van der Waals surface area (Å²) in [4.78, 5) is 27.2. The van der Waals surface area contributed by atoms with Gasteiger partial charge in [-0.25, -0.2) is 5.48 Å². The highest BCUT2D eigenvalue weighted by atomic mass is 16.7. The van der Waals surface area contributed by atoms with Gasteiger partial charge in [-0.1, -0.05) is 0 Å². The predicted molar refractivity (Wildman–Crippen MR) is 68.2 cm³/mol. The molecule has 4 N–H and O–H groups in total. The molecule has 0 spiro atoms. The molecule has 0 radical (unpaired) electrons. The van der Waals surface area contributed by atoms with Gasteiger partial charge in [-0.2, -0.15) is 0 Å². The smallest absolute Gasteiger partial charge is 0.291 e. The average Bonchev–Trinajstić information content (AvgIpc) is 2.88. The lowest BCUT2D eigenvalue weighted by atomic mass is 10.1. The minimum absolute atomic E-state index is 0.313. The van der Waals surface area contributed by atoms with Crippen LogP contribution in [0.1, 0.15) is 29.4 Å². The molecular formula is C12H18N4O3. The third-order valence-electron chi connectivity index (χ3n) is 3.09. The Labute approximate surface area is 111 Å². The van der Waals surface area contributed by atoms with Crippen LogP contribution in [0.2, 0.25) is 0 Å². The van der Waals surface area contributed by atoms with Crippen molar-refractivity contribution in [1.82, 2.24) is 15.4 Å². The standard InChI is InChI=1S/C12H18N4O3/c13-11(17)8-19-15-12(18)10-2-1-7-16(10)9-3-5-14-6-4-9/h1-2,7,9,14H,3-6,8H2,(H2,13,17)(H,15,18). The van der Waals surface area contributed by atoms with Gasteiger partial charge in [0.05, 0.1) is 0 Å². The molecule has 2 heterocycles. The molecule has 0 unspecified atom stereocenters. The van der Waals surface area contributed by atoms with Crippen LogP contribution in [-0.4, -0.2) is 36.1 Å². The van der Waals surface area contributed by atoms with Crippen LogP contribution in [0.5, 0.6) is 0 Å². The number of rotatable bonds is 5. The van der Waals surface area contributed by atoms with Crippen LogP contribution in [0.3, 0.4) is 0 Å². The van der Waals surface area contributed by atoms with E-state index in [9.17, 15) is 9.59 Å². The van der Waals surface area contributed by atoms with Gasteiger partial charge >= 0.3 is 0 Å². The van der Waals surface area contributed by atoms with E-state index < -0.39 is 5.91 Å². The van der Waals surface area contributed by atoms with Crippen LogP contribution in [0.25, 0.3) is 0 Å². The van der Waals surface area contributed by atoms with Crippen molar-refractivity contribution >= 4 is 11.8 Å². The zero-order valence-electron chi connectivity index (χ0n) is 10.6. The summed E-state index contributed by atoms with van der Waals surface area (Å²) in [5.41, 5.74) is 7.66. The second-order valence-electron chi connectivity index (χ2n) is 4.47. The van der Waals surface area contributed by atoms with Crippen LogP contribution in [-0.2, 0) is 9.63 Å². The van der Waals surface area contributed by atoms with E-state index >= 15 is 0 Å². The number of nitrogens with zero attached hydrogens (tertiary/aromatic N) is 1. The first-order chi connectivity index (χ1) is 9.18. The van der Waals surface area contributed by atoms with E-state index in [1.165, 1.54) is 0 Å². The fourth-order valence-corrected chi connectivity index (χ4v) is 2.21. The summed E-state index contributed by atoms with van der Waals surface area (Å²) in [6.07, 6.45) is 3.85. The van der Waals surface area contributed by atoms with E-state index in [2.05, 4.69) is 10.8 Å². The minimum atomic E-state index is -0.631. The van der Waals surface area contributed by atoms with E-state index in [4.69, 9.17) is 10.6 Å². The third kappa shape index (κ3) is 3.55. The number of primary amides is 1. The van der Waals surface area contributed by atoms with E-state index in [0.29, 0.717) is 11.7 Å². The Morgan fingerprint density at radius 2 is 2.21 bits per heavy atom. The van der Waals surface area contributed by atoms with Gasteiger partial charge in [0.15, 0.2) is 6.61 Å². The van der Waals surface area contributed by atoms with Crippen molar-refractivity contribution in [2.45, 2.75) is 18.9 Å². The summed E-state index contributed by atoms with van der Waals surface area (Å²) in [5.74, 6) is -1.00. The van der Waals surface area contributed by atoms with Gasteiger partial charge in [0, 0.05) is 12.2 Å². The second-order valence-corrected chi connectivity index (χ2v) is 4.47. The Bertz CT molecular complexity index is 452. The quantitative estimate of drug-likeness (QED) is 0.629. The number of aromatic nitrogens is 1. The molecule has 2 rings (SSSR count). The maximum atomic E-state index is 11.9. The zero-order chi connectivity index (χ0) is 13.7. The zero-order valence-corrected chi connectivity index (χ0v) is 10.6. The summed E-state index contributed by atoms with van der Waals surface area (Å²) >= 11 is 0. The maximum absolute atomic E-state index is 11.9. The maximum Gasteiger partial charge on any atom is 0.291 e. The van der Waals surface area contributed by atoms with Gasteiger partial charge < -0.3 is 15.6 Å². The van der Waals surface area contributed by atoms with Crippen molar-refractivity contribution in [1.29, 1.82) is 0 Å². The fourth-order valence-electron chi connectivity index (χ4n) is 2.21. The molecule has 0 bridgehead atoms. The normalized spacial score (nSPS) is 16.2. The summed E-state index contributed by atoms with van der Waals surface area (Å²) in [7, 11) is 0. The third-order valence-corrected chi connectivity index (χ3v) is 3.09. The minimum Gasteiger partial charge on any atom is -0.368 e. The van der Waals surface area contributed by atoms with Gasteiger partial charge in [-0.05, 0) is 38.1 Å². The highest BCUT2D eigenvalue weighted by Gasteiger charge is 2.19. The van der Waals surface area contributed by atoms with E-state index in [0.717, 1.165) is 25.9 Å². The molecule has 104 valence electrons. The molecule has 1 fully saturated rings. The number of hydroxylamine groups is 1. The molecule has 0 saturated carbocycles. The van der Waals surface area contributed by atoms with Gasteiger partial charge in [-0.3, -0.25) is 14.4 Å². The van der Waals surface area contributed by atoms with Crippen LogP contribution in [0, 0.1) is 0 Å². The Kier molecular flexibility index (Phi) is 4.53. The summed E-state index contributed by atoms with van der Waals surface area (Å²) in [6, 6.07) is 3.86. The lowest BCUT2D eigenvalue weighted by molar-refractivity contribution is -0.124. The molecule has 1 saturated heterocycles. The van der Waals surface area contributed by atoms with E-state index in [1.54, 1.807) is 6.07 Å². The van der Waals surface area contributed by atoms with Gasteiger partial charge in [0.1, 0.15) is 5.69 Å². The number of nitrogens with two attached hydrogens (primary N) is 1. The number of hydrogen-bond donors (Lipinski definition) is 3. The van der Waals surface area contributed by atoms with Crippen molar-refractivity contribution in [3.8, 4) is 0 Å². The first-order valence-electron chi connectivity index (χ1n) is 6.26. The summed E-state index contributed by atoms with van der Waals surface area (Å²) < 4.78 is 1.95. The second kappa shape index (κ2) is 6.35. The average molecular weight is 266 g/mol. The molecule has 19 heavy (non-hydrogen) atoms. The van der Waals surface area contributed by atoms with Gasteiger partial charge in [0.2, 0.25) is 5.91 Å². The van der Waals surface area contributed by atoms with Gasteiger partial charge in [-0.15, -0.1) is 0 Å². The molecule has 7 heteroatoms. The first kappa shape index (κ1) is 13.6. The molecule has 0 aromatic carbocycles. The number of carbonyl (C=O) groups excluding carboxylic acids is 2. The lowest BCUT2D eigenvalue weighted by Crippen LogP contribution is -2.33. The Morgan fingerprint density at radius 1 is 1.47 bits per heavy atom. The van der Waals surface area contributed by atoms with Crippen LogP contribution in [0.15, 0.2) is 18.3 Å². The number of nitrogens with one attached hydrogen (secondary N) is 2. The molecule has 2 amide bonds. The Balaban J connectivity index is 1.97. The van der Waals surface area contributed by atoms with E-state index in [-0.39, 0.29) is 12.5 Å². The highest BCUT2D eigenvalue weighted by Crippen LogP contribution is 2.21. The number of hydrogen-bond acceptors (Lipinski definition) is 4. The molecule has 1 aromatic rings. The monoisotopic (exact) mass is 266 g/mol. The highest BCUT2D eigenvalue weighted by molar-refractivity contribution is 5.92. The topological polar surface area (TPSA) is 98.4 Å². The van der Waals surface area contributed by atoms with Crippen LogP contribution in [0.4, 0.5) is 0 Å².